The van der Waals surface area contributed by atoms with Crippen LogP contribution in [0.3, 0.4) is 0 Å². The van der Waals surface area contributed by atoms with Crippen molar-refractivity contribution in [1.82, 2.24) is 0 Å². The number of allylic oxidation sites excluding steroid dienone is 1. The van der Waals surface area contributed by atoms with Crippen LogP contribution in [0.15, 0.2) is 42.5 Å². The number of ether oxygens (including phenoxy) is 2. The lowest BCUT2D eigenvalue weighted by Gasteiger charge is -2.11. The van der Waals surface area contributed by atoms with Gasteiger partial charge < -0.3 is 9.47 Å². The van der Waals surface area contributed by atoms with Crippen molar-refractivity contribution < 1.29 is 19.1 Å². The highest BCUT2D eigenvalue weighted by molar-refractivity contribution is 5.91. The van der Waals surface area contributed by atoms with Gasteiger partial charge in [0.15, 0.2) is 12.4 Å². The minimum absolute atomic E-state index is 0.0385. The molecule has 0 bridgehead atoms. The number of fused-ring (bicyclic) bond motifs is 1. The molecule has 0 radical (unpaired) electrons. The van der Waals surface area contributed by atoms with Crippen LogP contribution in [0.1, 0.15) is 19.3 Å². The molecule has 1 heterocycles. The van der Waals surface area contributed by atoms with E-state index < -0.39 is 0 Å². The largest absolute Gasteiger partial charge is 0.485 e. The summed E-state index contributed by atoms with van der Waals surface area (Å²) >= 11 is 0. The lowest BCUT2D eigenvalue weighted by Crippen LogP contribution is -2.13. The second-order valence-electron chi connectivity index (χ2n) is 5.56. The van der Waals surface area contributed by atoms with Gasteiger partial charge in [0.2, 0.25) is 0 Å². The van der Waals surface area contributed by atoms with Gasteiger partial charge in [0.05, 0.1) is 6.42 Å². The first-order chi connectivity index (χ1) is 10.2. The number of para-hydroxylation sites is 1. The van der Waals surface area contributed by atoms with Gasteiger partial charge in [-0.25, -0.2) is 0 Å². The Balaban J connectivity index is 1.49. The molecule has 110 valence electrons. The van der Waals surface area contributed by atoms with E-state index in [2.05, 4.69) is 0 Å². The van der Waals surface area contributed by atoms with Crippen LogP contribution in [-0.2, 0) is 14.3 Å². The molecule has 1 saturated heterocycles. The van der Waals surface area contributed by atoms with Crippen molar-refractivity contribution >= 4 is 11.8 Å². The van der Waals surface area contributed by atoms with Gasteiger partial charge in [0.25, 0.3) is 0 Å². The van der Waals surface area contributed by atoms with Gasteiger partial charge >= 0.3 is 5.97 Å². The van der Waals surface area contributed by atoms with E-state index in [9.17, 15) is 9.59 Å². The molecule has 2 aliphatic rings. The molecule has 2 fully saturated rings. The van der Waals surface area contributed by atoms with Crippen molar-refractivity contribution in [2.24, 2.45) is 11.8 Å². The normalized spacial score (nSPS) is 27.6. The summed E-state index contributed by atoms with van der Waals surface area (Å²) in [6.45, 7) is 0.0385. The van der Waals surface area contributed by atoms with Gasteiger partial charge in [-0.1, -0.05) is 24.3 Å². The topological polar surface area (TPSA) is 52.6 Å². The average molecular weight is 286 g/mol. The third-order valence-corrected chi connectivity index (χ3v) is 4.15. The SMILES string of the molecule is O=C(C=C[C@H]1CC[C@@H]2OC(=O)C[C@@H]21)COc1ccccc1. The first kappa shape index (κ1) is 13.9. The summed E-state index contributed by atoms with van der Waals surface area (Å²) in [7, 11) is 0. The van der Waals surface area contributed by atoms with Crippen LogP contribution in [0, 0.1) is 11.8 Å². The van der Waals surface area contributed by atoms with Gasteiger partial charge in [-0.15, -0.1) is 0 Å². The minimum atomic E-state index is -0.109. The van der Waals surface area contributed by atoms with E-state index in [0.717, 1.165) is 12.8 Å². The molecule has 3 rings (SSSR count). The van der Waals surface area contributed by atoms with Crippen LogP contribution in [0.5, 0.6) is 5.75 Å². The number of rotatable bonds is 5. The van der Waals surface area contributed by atoms with Crippen LogP contribution >= 0.6 is 0 Å². The number of benzene rings is 1. The highest BCUT2D eigenvalue weighted by atomic mass is 16.6. The Bertz CT molecular complexity index is 549. The molecular formula is C17H18O4. The summed E-state index contributed by atoms with van der Waals surface area (Å²) in [5.41, 5.74) is 0. The van der Waals surface area contributed by atoms with E-state index in [1.54, 1.807) is 6.08 Å². The standard InChI is InChI=1S/C17H18O4/c18-13(11-20-14-4-2-1-3-5-14)8-6-12-7-9-16-15(12)10-17(19)21-16/h1-6,8,12,15-16H,7,9-11H2/t12-,15+,16-/m0/s1. The summed E-state index contributed by atoms with van der Waals surface area (Å²) in [5.74, 6) is 1.03. The molecule has 4 nitrogen and oxygen atoms in total. The first-order valence-electron chi connectivity index (χ1n) is 7.31. The van der Waals surface area contributed by atoms with Gasteiger partial charge in [-0.05, 0) is 37.0 Å². The second kappa shape index (κ2) is 6.12. The molecule has 3 atom stereocenters. The molecule has 4 heteroatoms. The quantitative estimate of drug-likeness (QED) is 0.616. The van der Waals surface area contributed by atoms with Crippen molar-refractivity contribution in [3.05, 3.63) is 42.5 Å². The van der Waals surface area contributed by atoms with Crippen LogP contribution < -0.4 is 4.74 Å². The average Bonchev–Trinajstić information content (AvgIpc) is 3.03. The third kappa shape index (κ3) is 3.32. The van der Waals surface area contributed by atoms with Crippen molar-refractivity contribution in [2.45, 2.75) is 25.4 Å². The number of ketones is 1. The van der Waals surface area contributed by atoms with Crippen LogP contribution in [0.2, 0.25) is 0 Å². The first-order valence-corrected chi connectivity index (χ1v) is 7.31. The Labute approximate surface area is 123 Å². The number of carbonyl (C=O) groups is 2. The van der Waals surface area contributed by atoms with Crippen LogP contribution in [-0.4, -0.2) is 24.5 Å². The molecule has 0 aromatic heterocycles. The zero-order valence-electron chi connectivity index (χ0n) is 11.7. The Morgan fingerprint density at radius 1 is 1.29 bits per heavy atom. The smallest absolute Gasteiger partial charge is 0.306 e. The summed E-state index contributed by atoms with van der Waals surface area (Å²) in [6.07, 6.45) is 5.92. The maximum absolute atomic E-state index is 11.8. The molecule has 1 aliphatic carbocycles. The maximum Gasteiger partial charge on any atom is 0.306 e. The fourth-order valence-corrected chi connectivity index (χ4v) is 3.09. The van der Waals surface area contributed by atoms with E-state index in [1.165, 1.54) is 0 Å². The summed E-state index contributed by atoms with van der Waals surface area (Å²) in [4.78, 5) is 23.1. The second-order valence-corrected chi connectivity index (χ2v) is 5.56. The van der Waals surface area contributed by atoms with E-state index >= 15 is 0 Å². The number of hydrogen-bond acceptors (Lipinski definition) is 4. The fourth-order valence-electron chi connectivity index (χ4n) is 3.09. The molecular weight excluding hydrogens is 268 g/mol. The summed E-state index contributed by atoms with van der Waals surface area (Å²) in [5, 5.41) is 0. The monoisotopic (exact) mass is 286 g/mol. The van der Waals surface area contributed by atoms with Crippen LogP contribution in [0.4, 0.5) is 0 Å². The highest BCUT2D eigenvalue weighted by Gasteiger charge is 2.43. The predicted octanol–water partition coefficient (Wildman–Crippen LogP) is 2.53. The van der Waals surface area contributed by atoms with E-state index in [1.807, 2.05) is 36.4 Å². The molecule has 1 aromatic carbocycles. The zero-order chi connectivity index (χ0) is 14.7. The molecule has 0 spiro atoms. The zero-order valence-corrected chi connectivity index (χ0v) is 11.7. The lowest BCUT2D eigenvalue weighted by molar-refractivity contribution is -0.141. The molecule has 1 saturated carbocycles. The Hall–Kier alpha value is -2.10. The fraction of sp³-hybridized carbons (Fsp3) is 0.412. The van der Waals surface area contributed by atoms with Gasteiger partial charge in [0.1, 0.15) is 11.9 Å². The summed E-state index contributed by atoms with van der Waals surface area (Å²) in [6, 6.07) is 9.27. The minimum Gasteiger partial charge on any atom is -0.485 e. The molecule has 0 amide bonds. The third-order valence-electron chi connectivity index (χ3n) is 4.15. The molecule has 1 aliphatic heterocycles. The molecule has 21 heavy (non-hydrogen) atoms. The Morgan fingerprint density at radius 3 is 2.90 bits per heavy atom. The van der Waals surface area contributed by atoms with E-state index in [4.69, 9.17) is 9.47 Å². The van der Waals surface area contributed by atoms with E-state index in [-0.39, 0.29) is 36.3 Å². The van der Waals surface area contributed by atoms with Gasteiger partial charge in [-0.2, -0.15) is 0 Å². The maximum atomic E-state index is 11.8. The van der Waals surface area contributed by atoms with Crippen LogP contribution in [0.25, 0.3) is 0 Å². The number of carbonyl (C=O) groups excluding carboxylic acids is 2. The van der Waals surface area contributed by atoms with Gasteiger partial charge in [0, 0.05) is 5.92 Å². The van der Waals surface area contributed by atoms with Crippen molar-refractivity contribution in [1.29, 1.82) is 0 Å². The highest BCUT2D eigenvalue weighted by Crippen LogP contribution is 2.41. The molecule has 0 unspecified atom stereocenters. The molecule has 0 N–H and O–H groups in total. The van der Waals surface area contributed by atoms with E-state index in [0.29, 0.717) is 12.2 Å². The Morgan fingerprint density at radius 2 is 2.10 bits per heavy atom. The van der Waals surface area contributed by atoms with Crippen molar-refractivity contribution in [2.75, 3.05) is 6.61 Å². The van der Waals surface area contributed by atoms with Crippen molar-refractivity contribution in [3.63, 3.8) is 0 Å². The van der Waals surface area contributed by atoms with Gasteiger partial charge in [-0.3, -0.25) is 9.59 Å². The number of hydrogen-bond donors (Lipinski definition) is 0. The lowest BCUT2D eigenvalue weighted by atomic mass is 9.93. The molecule has 1 aromatic rings. The Kier molecular flexibility index (Phi) is 4.04. The summed E-state index contributed by atoms with van der Waals surface area (Å²) < 4.78 is 10.7. The van der Waals surface area contributed by atoms with Crippen molar-refractivity contribution in [3.8, 4) is 5.75 Å². The number of esters is 1. The predicted molar refractivity (Wildman–Crippen MR) is 76.8 cm³/mol.